The predicted molar refractivity (Wildman–Crippen MR) is 53.6 cm³/mol. The highest BCUT2D eigenvalue weighted by Gasteiger charge is 2.02. The smallest absolute Gasteiger partial charge is 0.121 e. The molecule has 0 amide bonds. The summed E-state index contributed by atoms with van der Waals surface area (Å²) in [5.74, 6) is 0.992. The van der Waals surface area contributed by atoms with Gasteiger partial charge in [-0.25, -0.2) is 4.98 Å². The summed E-state index contributed by atoms with van der Waals surface area (Å²) in [5, 5.41) is 3.07. The summed E-state index contributed by atoms with van der Waals surface area (Å²) < 4.78 is 0. The molecular formula is C10H13N3. The Kier molecular flexibility index (Phi) is 2.02. The molecule has 0 saturated heterocycles. The van der Waals surface area contributed by atoms with Gasteiger partial charge in [-0.3, -0.25) is 0 Å². The van der Waals surface area contributed by atoms with Crippen molar-refractivity contribution in [2.45, 2.75) is 13.5 Å². The number of H-pyrrole nitrogens is 1. The van der Waals surface area contributed by atoms with Gasteiger partial charge in [-0.05, 0) is 25.6 Å². The van der Waals surface area contributed by atoms with Crippen LogP contribution >= 0.6 is 0 Å². The summed E-state index contributed by atoms with van der Waals surface area (Å²) in [6.07, 6.45) is 0. The molecule has 0 saturated carbocycles. The largest absolute Gasteiger partial charge is 0.341 e. The summed E-state index contributed by atoms with van der Waals surface area (Å²) in [5.41, 5.74) is 3.41. The van der Waals surface area contributed by atoms with Crippen molar-refractivity contribution < 1.29 is 0 Å². The van der Waals surface area contributed by atoms with Crippen molar-refractivity contribution in [3.8, 4) is 0 Å². The second kappa shape index (κ2) is 3.18. The van der Waals surface area contributed by atoms with Crippen LogP contribution in [0.2, 0.25) is 0 Å². The number of hydrogen-bond donors (Lipinski definition) is 2. The molecule has 2 rings (SSSR count). The van der Waals surface area contributed by atoms with Crippen LogP contribution in [-0.4, -0.2) is 17.0 Å². The third-order valence-electron chi connectivity index (χ3n) is 2.11. The van der Waals surface area contributed by atoms with Crippen LogP contribution in [0.25, 0.3) is 11.0 Å². The number of imidazole rings is 1. The molecule has 0 radical (unpaired) electrons. The number of hydrogen-bond acceptors (Lipinski definition) is 2. The molecule has 0 unspecified atom stereocenters. The lowest BCUT2D eigenvalue weighted by Crippen LogP contribution is -2.06. The second-order valence-electron chi connectivity index (χ2n) is 3.18. The first-order valence-electron chi connectivity index (χ1n) is 4.40. The Bertz CT molecular complexity index is 417. The number of benzene rings is 1. The Morgan fingerprint density at radius 1 is 1.46 bits per heavy atom. The van der Waals surface area contributed by atoms with Gasteiger partial charge < -0.3 is 10.3 Å². The Labute approximate surface area is 77.2 Å². The predicted octanol–water partition coefficient (Wildman–Crippen LogP) is 1.59. The van der Waals surface area contributed by atoms with Crippen LogP contribution in [0.4, 0.5) is 0 Å². The zero-order valence-corrected chi connectivity index (χ0v) is 7.89. The molecule has 13 heavy (non-hydrogen) atoms. The zero-order chi connectivity index (χ0) is 9.26. The monoisotopic (exact) mass is 175 g/mol. The maximum Gasteiger partial charge on any atom is 0.121 e. The van der Waals surface area contributed by atoms with Crippen LogP contribution in [0, 0.1) is 6.92 Å². The van der Waals surface area contributed by atoms with E-state index in [1.165, 1.54) is 5.56 Å². The van der Waals surface area contributed by atoms with E-state index in [-0.39, 0.29) is 0 Å². The van der Waals surface area contributed by atoms with E-state index < -0.39 is 0 Å². The molecule has 0 fully saturated rings. The number of aryl methyl sites for hydroxylation is 1. The fraction of sp³-hybridized carbons (Fsp3) is 0.300. The van der Waals surface area contributed by atoms with Gasteiger partial charge in [0.2, 0.25) is 0 Å². The van der Waals surface area contributed by atoms with Gasteiger partial charge in [0, 0.05) is 0 Å². The first-order valence-corrected chi connectivity index (χ1v) is 4.40. The van der Waals surface area contributed by atoms with Gasteiger partial charge in [-0.2, -0.15) is 0 Å². The van der Waals surface area contributed by atoms with Gasteiger partial charge in [0.15, 0.2) is 0 Å². The van der Waals surface area contributed by atoms with Crippen molar-refractivity contribution in [1.29, 1.82) is 0 Å². The summed E-state index contributed by atoms with van der Waals surface area (Å²) >= 11 is 0. The SMILES string of the molecule is CNCc1nc2c(C)cccc2[nH]1. The molecule has 68 valence electrons. The van der Waals surface area contributed by atoms with Gasteiger partial charge in [0.05, 0.1) is 17.6 Å². The molecule has 0 aliphatic carbocycles. The van der Waals surface area contributed by atoms with Gasteiger partial charge in [0.1, 0.15) is 5.82 Å². The Morgan fingerprint density at radius 2 is 2.31 bits per heavy atom. The Balaban J connectivity index is 2.55. The minimum atomic E-state index is 0.786. The highest BCUT2D eigenvalue weighted by atomic mass is 15.0. The third-order valence-corrected chi connectivity index (χ3v) is 2.11. The average Bonchev–Trinajstić information content (AvgIpc) is 2.49. The van der Waals surface area contributed by atoms with Crippen LogP contribution in [0.15, 0.2) is 18.2 Å². The standard InChI is InChI=1S/C10H13N3/c1-7-4-3-5-8-10(7)13-9(12-8)6-11-2/h3-5,11H,6H2,1-2H3,(H,12,13). The molecule has 2 N–H and O–H groups in total. The molecule has 1 aromatic carbocycles. The normalized spacial score (nSPS) is 10.9. The summed E-state index contributed by atoms with van der Waals surface area (Å²) in [4.78, 5) is 7.75. The number of fused-ring (bicyclic) bond motifs is 1. The van der Waals surface area contributed by atoms with Gasteiger partial charge in [-0.15, -0.1) is 0 Å². The van der Waals surface area contributed by atoms with Crippen molar-refractivity contribution in [3.05, 3.63) is 29.6 Å². The van der Waals surface area contributed by atoms with Crippen LogP contribution in [-0.2, 0) is 6.54 Å². The fourth-order valence-corrected chi connectivity index (χ4v) is 1.48. The van der Waals surface area contributed by atoms with Crippen LogP contribution in [0.3, 0.4) is 0 Å². The average molecular weight is 175 g/mol. The van der Waals surface area contributed by atoms with Crippen molar-refractivity contribution >= 4 is 11.0 Å². The van der Waals surface area contributed by atoms with Crippen molar-refractivity contribution in [2.75, 3.05) is 7.05 Å². The van der Waals surface area contributed by atoms with Gasteiger partial charge in [0.25, 0.3) is 0 Å². The van der Waals surface area contributed by atoms with Crippen molar-refractivity contribution in [3.63, 3.8) is 0 Å². The minimum absolute atomic E-state index is 0.786. The van der Waals surface area contributed by atoms with E-state index in [0.717, 1.165) is 23.4 Å². The van der Waals surface area contributed by atoms with Crippen LogP contribution in [0.1, 0.15) is 11.4 Å². The molecule has 2 aromatic rings. The molecule has 0 spiro atoms. The van der Waals surface area contributed by atoms with Gasteiger partial charge >= 0.3 is 0 Å². The minimum Gasteiger partial charge on any atom is -0.341 e. The van der Waals surface area contributed by atoms with Crippen molar-refractivity contribution in [2.24, 2.45) is 0 Å². The number of aromatic amines is 1. The molecule has 0 aliphatic rings. The van der Waals surface area contributed by atoms with E-state index in [2.05, 4.69) is 34.3 Å². The molecule has 0 atom stereocenters. The molecule has 3 nitrogen and oxygen atoms in total. The second-order valence-corrected chi connectivity index (χ2v) is 3.18. The Hall–Kier alpha value is -1.35. The zero-order valence-electron chi connectivity index (χ0n) is 7.89. The number of nitrogens with zero attached hydrogens (tertiary/aromatic N) is 1. The van der Waals surface area contributed by atoms with E-state index >= 15 is 0 Å². The van der Waals surface area contributed by atoms with Gasteiger partial charge in [-0.1, -0.05) is 12.1 Å². The van der Waals surface area contributed by atoms with Crippen LogP contribution < -0.4 is 5.32 Å². The topological polar surface area (TPSA) is 40.7 Å². The lowest BCUT2D eigenvalue weighted by molar-refractivity contribution is 0.775. The quantitative estimate of drug-likeness (QED) is 0.727. The fourth-order valence-electron chi connectivity index (χ4n) is 1.48. The van der Waals surface area contributed by atoms with E-state index in [9.17, 15) is 0 Å². The maximum atomic E-state index is 4.48. The Morgan fingerprint density at radius 3 is 3.00 bits per heavy atom. The molecule has 3 heteroatoms. The van der Waals surface area contributed by atoms with E-state index in [0.29, 0.717) is 0 Å². The van der Waals surface area contributed by atoms with Crippen molar-refractivity contribution in [1.82, 2.24) is 15.3 Å². The maximum absolute atomic E-state index is 4.48. The molecule has 1 aromatic heterocycles. The first kappa shape index (κ1) is 8.26. The highest BCUT2D eigenvalue weighted by molar-refractivity contribution is 5.78. The lowest BCUT2D eigenvalue weighted by atomic mass is 10.2. The van der Waals surface area contributed by atoms with Crippen LogP contribution in [0.5, 0.6) is 0 Å². The molecule has 1 heterocycles. The highest BCUT2D eigenvalue weighted by Crippen LogP contribution is 2.14. The summed E-state index contributed by atoms with van der Waals surface area (Å²) in [6.45, 7) is 2.86. The number of nitrogens with one attached hydrogen (secondary N) is 2. The summed E-state index contributed by atoms with van der Waals surface area (Å²) in [7, 11) is 1.92. The molecule has 0 aliphatic heterocycles. The number of rotatable bonds is 2. The number of para-hydroxylation sites is 1. The number of aromatic nitrogens is 2. The first-order chi connectivity index (χ1) is 6.31. The van der Waals surface area contributed by atoms with E-state index in [1.807, 2.05) is 13.1 Å². The molecule has 0 bridgehead atoms. The van der Waals surface area contributed by atoms with E-state index in [4.69, 9.17) is 0 Å². The third kappa shape index (κ3) is 1.42. The molecular weight excluding hydrogens is 162 g/mol. The lowest BCUT2D eigenvalue weighted by Gasteiger charge is -1.90. The summed E-state index contributed by atoms with van der Waals surface area (Å²) in [6, 6.07) is 6.17. The van der Waals surface area contributed by atoms with E-state index in [1.54, 1.807) is 0 Å².